The molecule has 6 heteroatoms. The maximum atomic E-state index is 12.1. The van der Waals surface area contributed by atoms with Gasteiger partial charge in [-0.05, 0) is 25.5 Å². The lowest BCUT2D eigenvalue weighted by molar-refractivity contribution is -0.156. The lowest BCUT2D eigenvalue weighted by Crippen LogP contribution is -2.48. The Balaban J connectivity index is 1.91. The molecule has 6 nitrogen and oxygen atoms in total. The van der Waals surface area contributed by atoms with Crippen LogP contribution < -0.4 is 5.32 Å². The van der Waals surface area contributed by atoms with Crippen LogP contribution in [0.4, 0.5) is 5.69 Å². The van der Waals surface area contributed by atoms with Crippen molar-refractivity contribution in [1.82, 2.24) is 4.90 Å². The fourth-order valence-electron chi connectivity index (χ4n) is 2.34. The maximum Gasteiger partial charge on any atom is 0.334 e. The van der Waals surface area contributed by atoms with Gasteiger partial charge in [0.1, 0.15) is 0 Å². The van der Waals surface area contributed by atoms with Gasteiger partial charge in [0.05, 0.1) is 13.2 Å². The van der Waals surface area contributed by atoms with Crippen LogP contribution in [0.2, 0.25) is 0 Å². The summed E-state index contributed by atoms with van der Waals surface area (Å²) in [6.45, 7) is 5.23. The average Bonchev–Trinajstić information content (AvgIpc) is 2.42. The summed E-state index contributed by atoms with van der Waals surface area (Å²) in [5.74, 6) is -1.14. The lowest BCUT2D eigenvalue weighted by Gasteiger charge is -2.30. The van der Waals surface area contributed by atoms with E-state index in [0.717, 1.165) is 16.8 Å². The first-order chi connectivity index (χ1) is 9.95. The molecule has 1 aromatic carbocycles. The number of anilines is 1. The zero-order chi connectivity index (χ0) is 15.4. The number of carbonyl (C=O) groups is 2. The molecule has 1 aliphatic rings. The fourth-order valence-corrected chi connectivity index (χ4v) is 2.34. The number of carbonyl (C=O) groups excluding carboxylic acids is 1. The van der Waals surface area contributed by atoms with Gasteiger partial charge >= 0.3 is 5.97 Å². The molecule has 1 aromatic rings. The molecule has 1 heterocycles. The topological polar surface area (TPSA) is 78.9 Å². The Morgan fingerprint density at radius 3 is 2.86 bits per heavy atom. The molecule has 114 valence electrons. The molecule has 0 saturated carbocycles. The SMILES string of the molecule is Cc1ccc(NC(=O)CN2CCOC(C(=O)O)C2)c(C)c1. The number of nitrogens with zero attached hydrogens (tertiary/aromatic N) is 1. The molecule has 1 fully saturated rings. The van der Waals surface area contributed by atoms with Gasteiger partial charge in [0.15, 0.2) is 6.10 Å². The van der Waals surface area contributed by atoms with Crippen molar-refractivity contribution in [1.29, 1.82) is 0 Å². The first-order valence-corrected chi connectivity index (χ1v) is 6.89. The number of nitrogens with one attached hydrogen (secondary N) is 1. The van der Waals surface area contributed by atoms with E-state index < -0.39 is 12.1 Å². The van der Waals surface area contributed by atoms with Crippen molar-refractivity contribution in [3.05, 3.63) is 29.3 Å². The maximum absolute atomic E-state index is 12.1. The Bertz CT molecular complexity index is 544. The minimum atomic E-state index is -0.991. The van der Waals surface area contributed by atoms with Crippen LogP contribution in [0.5, 0.6) is 0 Å². The first kappa shape index (κ1) is 15.5. The Labute approximate surface area is 123 Å². The predicted molar refractivity (Wildman–Crippen MR) is 78.4 cm³/mol. The van der Waals surface area contributed by atoms with Crippen molar-refractivity contribution in [3.63, 3.8) is 0 Å². The van der Waals surface area contributed by atoms with E-state index in [0.29, 0.717) is 13.2 Å². The van der Waals surface area contributed by atoms with E-state index in [1.807, 2.05) is 32.0 Å². The number of carboxylic acid groups (broad SMARTS) is 1. The summed E-state index contributed by atoms with van der Waals surface area (Å²) in [4.78, 5) is 24.7. The summed E-state index contributed by atoms with van der Waals surface area (Å²) in [6.07, 6.45) is -0.854. The number of hydrogen-bond donors (Lipinski definition) is 2. The van der Waals surface area contributed by atoms with E-state index >= 15 is 0 Å². The van der Waals surface area contributed by atoms with Crippen LogP contribution in [-0.4, -0.2) is 54.2 Å². The normalized spacial score (nSPS) is 19.2. The second-order valence-electron chi connectivity index (χ2n) is 5.30. The van der Waals surface area contributed by atoms with E-state index in [-0.39, 0.29) is 19.0 Å². The molecule has 21 heavy (non-hydrogen) atoms. The largest absolute Gasteiger partial charge is 0.479 e. The van der Waals surface area contributed by atoms with Crippen LogP contribution in [0, 0.1) is 13.8 Å². The van der Waals surface area contributed by atoms with Gasteiger partial charge in [-0.2, -0.15) is 0 Å². The standard InChI is InChI=1S/C15H20N2O4/c1-10-3-4-12(11(2)7-10)16-14(18)9-17-5-6-21-13(8-17)15(19)20/h3-4,7,13H,5-6,8-9H2,1-2H3,(H,16,18)(H,19,20). The average molecular weight is 292 g/mol. The van der Waals surface area contributed by atoms with Gasteiger partial charge in [-0.25, -0.2) is 4.79 Å². The first-order valence-electron chi connectivity index (χ1n) is 6.89. The zero-order valence-corrected chi connectivity index (χ0v) is 12.3. The fraction of sp³-hybridized carbons (Fsp3) is 0.467. The minimum Gasteiger partial charge on any atom is -0.479 e. The highest BCUT2D eigenvalue weighted by atomic mass is 16.5. The molecule has 1 atom stereocenters. The van der Waals surface area contributed by atoms with Gasteiger partial charge in [0, 0.05) is 18.8 Å². The predicted octanol–water partition coefficient (Wildman–Crippen LogP) is 1.03. The number of morpholine rings is 1. The summed E-state index contributed by atoms with van der Waals surface area (Å²) < 4.78 is 5.13. The van der Waals surface area contributed by atoms with E-state index in [9.17, 15) is 9.59 Å². The number of benzene rings is 1. The van der Waals surface area contributed by atoms with Crippen molar-refractivity contribution in [3.8, 4) is 0 Å². The number of carboxylic acids is 1. The van der Waals surface area contributed by atoms with Gasteiger partial charge in [0.25, 0.3) is 0 Å². The second-order valence-corrected chi connectivity index (χ2v) is 5.30. The van der Waals surface area contributed by atoms with Crippen LogP contribution >= 0.6 is 0 Å². The number of rotatable bonds is 4. The smallest absolute Gasteiger partial charge is 0.334 e. The van der Waals surface area contributed by atoms with Gasteiger partial charge < -0.3 is 15.2 Å². The van der Waals surface area contributed by atoms with Crippen molar-refractivity contribution >= 4 is 17.6 Å². The summed E-state index contributed by atoms with van der Waals surface area (Å²) in [5.41, 5.74) is 2.94. The molecular formula is C15H20N2O4. The molecule has 1 aliphatic heterocycles. The van der Waals surface area contributed by atoms with Crippen LogP contribution in [-0.2, 0) is 14.3 Å². The molecule has 1 amide bonds. The van der Waals surface area contributed by atoms with Crippen molar-refractivity contribution in [2.45, 2.75) is 20.0 Å². The Hall–Kier alpha value is -1.92. The minimum absolute atomic E-state index is 0.145. The van der Waals surface area contributed by atoms with Gasteiger partial charge in [-0.1, -0.05) is 17.7 Å². The number of ether oxygens (including phenoxy) is 1. The van der Waals surface area contributed by atoms with Crippen LogP contribution in [0.25, 0.3) is 0 Å². The number of aliphatic carboxylic acids is 1. The van der Waals surface area contributed by atoms with Crippen LogP contribution in [0.3, 0.4) is 0 Å². The Morgan fingerprint density at radius 1 is 1.43 bits per heavy atom. The highest BCUT2D eigenvalue weighted by Gasteiger charge is 2.27. The second kappa shape index (κ2) is 6.69. The molecule has 0 aromatic heterocycles. The van der Waals surface area contributed by atoms with Gasteiger partial charge in [-0.15, -0.1) is 0 Å². The van der Waals surface area contributed by atoms with Crippen molar-refractivity contribution in [2.24, 2.45) is 0 Å². The third-order valence-electron chi connectivity index (χ3n) is 3.45. The van der Waals surface area contributed by atoms with Crippen LogP contribution in [0.1, 0.15) is 11.1 Å². The number of aryl methyl sites for hydroxylation is 2. The number of amides is 1. The molecule has 2 N–H and O–H groups in total. The quantitative estimate of drug-likeness (QED) is 0.866. The number of hydrogen-bond acceptors (Lipinski definition) is 4. The molecule has 0 radical (unpaired) electrons. The van der Waals surface area contributed by atoms with E-state index in [4.69, 9.17) is 9.84 Å². The third-order valence-corrected chi connectivity index (χ3v) is 3.45. The summed E-state index contributed by atoms with van der Waals surface area (Å²) in [5, 5.41) is 11.8. The Kier molecular flexibility index (Phi) is 4.93. The lowest BCUT2D eigenvalue weighted by atomic mass is 10.1. The Morgan fingerprint density at radius 2 is 2.19 bits per heavy atom. The summed E-state index contributed by atoms with van der Waals surface area (Å²) in [6, 6.07) is 5.82. The molecule has 2 rings (SSSR count). The molecular weight excluding hydrogens is 272 g/mol. The third kappa shape index (κ3) is 4.27. The molecule has 1 saturated heterocycles. The monoisotopic (exact) mass is 292 g/mol. The molecule has 1 unspecified atom stereocenters. The van der Waals surface area contributed by atoms with Crippen molar-refractivity contribution < 1.29 is 19.4 Å². The van der Waals surface area contributed by atoms with Crippen LogP contribution in [0.15, 0.2) is 18.2 Å². The highest BCUT2D eigenvalue weighted by molar-refractivity contribution is 5.93. The molecule has 0 spiro atoms. The van der Waals surface area contributed by atoms with E-state index in [1.165, 1.54) is 0 Å². The van der Waals surface area contributed by atoms with Gasteiger partial charge in [-0.3, -0.25) is 9.69 Å². The van der Waals surface area contributed by atoms with E-state index in [2.05, 4.69) is 5.32 Å². The van der Waals surface area contributed by atoms with E-state index in [1.54, 1.807) is 4.90 Å². The summed E-state index contributed by atoms with van der Waals surface area (Å²) in [7, 11) is 0. The summed E-state index contributed by atoms with van der Waals surface area (Å²) >= 11 is 0. The highest BCUT2D eigenvalue weighted by Crippen LogP contribution is 2.16. The van der Waals surface area contributed by atoms with Crippen molar-refractivity contribution in [2.75, 3.05) is 31.6 Å². The van der Waals surface area contributed by atoms with Gasteiger partial charge in [0.2, 0.25) is 5.91 Å². The molecule has 0 aliphatic carbocycles. The zero-order valence-electron chi connectivity index (χ0n) is 12.3. The molecule has 0 bridgehead atoms.